The molecule has 0 amide bonds. The molecule has 2 nitrogen and oxygen atoms in total. The van der Waals surface area contributed by atoms with Crippen molar-refractivity contribution in [1.82, 2.24) is 4.98 Å². The second-order valence-electron chi connectivity index (χ2n) is 4.93. The number of hydrogen-bond donors (Lipinski definition) is 0. The van der Waals surface area contributed by atoms with Gasteiger partial charge in [-0.25, -0.2) is 4.98 Å². The highest BCUT2D eigenvalue weighted by Crippen LogP contribution is 2.38. The molecule has 0 aliphatic rings. The van der Waals surface area contributed by atoms with Crippen molar-refractivity contribution < 1.29 is 0 Å². The van der Waals surface area contributed by atoms with Crippen LogP contribution in [0.1, 0.15) is 5.69 Å². The van der Waals surface area contributed by atoms with Gasteiger partial charge >= 0.3 is 0 Å². The molecule has 118 valence electrons. The van der Waals surface area contributed by atoms with Crippen molar-refractivity contribution in [2.75, 3.05) is 0 Å². The Bertz CT molecular complexity index is 977. The van der Waals surface area contributed by atoms with Crippen LogP contribution in [0.5, 0.6) is 0 Å². The summed E-state index contributed by atoms with van der Waals surface area (Å²) >= 11 is 24.7. The van der Waals surface area contributed by atoms with Crippen molar-refractivity contribution in [2.45, 2.75) is 0 Å². The lowest BCUT2D eigenvalue weighted by Crippen LogP contribution is -1.92. The second kappa shape index (κ2) is 7.01. The number of hydrogen-bond acceptors (Lipinski definition) is 2. The van der Waals surface area contributed by atoms with E-state index in [1.165, 1.54) is 0 Å². The Balaban J connectivity index is 2.26. The number of halogens is 4. The molecule has 2 aromatic carbocycles. The minimum atomic E-state index is 0.251. The Labute approximate surface area is 159 Å². The van der Waals surface area contributed by atoms with Gasteiger partial charge in [-0.05, 0) is 18.2 Å². The SMILES string of the molecule is N#Cc1ncc(-c2cccc(Cl)c2Cl)cc1-c1cccc(Cl)c1Cl. The third-order valence-corrected chi connectivity index (χ3v) is 5.14. The van der Waals surface area contributed by atoms with Crippen LogP contribution in [0, 0.1) is 11.3 Å². The van der Waals surface area contributed by atoms with Crippen molar-refractivity contribution in [3.05, 3.63) is 74.4 Å². The van der Waals surface area contributed by atoms with E-state index in [2.05, 4.69) is 11.1 Å². The molecule has 0 unspecified atom stereocenters. The number of nitrogens with zero attached hydrogens (tertiary/aromatic N) is 2. The monoisotopic (exact) mass is 392 g/mol. The van der Waals surface area contributed by atoms with Crippen LogP contribution in [-0.2, 0) is 0 Å². The lowest BCUT2D eigenvalue weighted by atomic mass is 9.99. The summed E-state index contributed by atoms with van der Waals surface area (Å²) in [6.45, 7) is 0. The van der Waals surface area contributed by atoms with Crippen molar-refractivity contribution in [3.8, 4) is 28.3 Å². The zero-order valence-electron chi connectivity index (χ0n) is 12.0. The molecule has 3 rings (SSSR count). The topological polar surface area (TPSA) is 36.7 Å². The van der Waals surface area contributed by atoms with Crippen LogP contribution in [0.4, 0.5) is 0 Å². The first-order valence-electron chi connectivity index (χ1n) is 6.82. The molecule has 6 heteroatoms. The first-order valence-corrected chi connectivity index (χ1v) is 8.33. The first kappa shape index (κ1) is 17.1. The summed E-state index contributed by atoms with van der Waals surface area (Å²) in [5.74, 6) is 0. The van der Waals surface area contributed by atoms with E-state index in [1.54, 1.807) is 42.6 Å². The maximum absolute atomic E-state index is 9.36. The normalized spacial score (nSPS) is 10.5. The molecule has 24 heavy (non-hydrogen) atoms. The van der Waals surface area contributed by atoms with Crippen LogP contribution in [0.2, 0.25) is 20.1 Å². The lowest BCUT2D eigenvalue weighted by Gasteiger charge is -2.11. The predicted octanol–water partition coefficient (Wildman–Crippen LogP) is 6.90. The molecule has 0 bridgehead atoms. The third-order valence-electron chi connectivity index (χ3n) is 3.50. The van der Waals surface area contributed by atoms with E-state index in [0.717, 1.165) is 11.1 Å². The molecule has 1 heterocycles. The fraction of sp³-hybridized carbons (Fsp3) is 0. The zero-order valence-corrected chi connectivity index (χ0v) is 15.0. The van der Waals surface area contributed by atoms with Gasteiger partial charge in [-0.2, -0.15) is 5.26 Å². The zero-order chi connectivity index (χ0) is 17.3. The second-order valence-corrected chi connectivity index (χ2v) is 6.51. The maximum Gasteiger partial charge on any atom is 0.148 e. The average Bonchev–Trinajstić information content (AvgIpc) is 2.59. The molecule has 0 saturated heterocycles. The largest absolute Gasteiger partial charge is 0.244 e. The predicted molar refractivity (Wildman–Crippen MR) is 99.9 cm³/mol. The van der Waals surface area contributed by atoms with Gasteiger partial charge in [0.2, 0.25) is 0 Å². The number of rotatable bonds is 2. The molecule has 0 spiro atoms. The van der Waals surface area contributed by atoms with Gasteiger partial charge in [0, 0.05) is 28.5 Å². The Morgan fingerprint density at radius 2 is 1.38 bits per heavy atom. The number of benzene rings is 2. The molecule has 0 radical (unpaired) electrons. The van der Waals surface area contributed by atoms with Crippen LogP contribution in [0.15, 0.2) is 48.7 Å². The Hall–Kier alpha value is -1.76. The van der Waals surface area contributed by atoms with E-state index < -0.39 is 0 Å². The van der Waals surface area contributed by atoms with Crippen LogP contribution in [-0.4, -0.2) is 4.98 Å². The highest BCUT2D eigenvalue weighted by atomic mass is 35.5. The minimum absolute atomic E-state index is 0.251. The fourth-order valence-corrected chi connectivity index (χ4v) is 3.16. The van der Waals surface area contributed by atoms with Gasteiger partial charge in [0.1, 0.15) is 11.8 Å². The van der Waals surface area contributed by atoms with Gasteiger partial charge in [0.05, 0.1) is 20.1 Å². The van der Waals surface area contributed by atoms with E-state index >= 15 is 0 Å². The number of aromatic nitrogens is 1. The molecule has 0 fully saturated rings. The van der Waals surface area contributed by atoms with Crippen LogP contribution >= 0.6 is 46.4 Å². The van der Waals surface area contributed by atoms with Gasteiger partial charge in [-0.3, -0.25) is 0 Å². The molecule has 0 saturated carbocycles. The number of pyridine rings is 1. The highest BCUT2D eigenvalue weighted by molar-refractivity contribution is 6.44. The standard InChI is InChI=1S/C18H8Cl4N2/c19-14-5-1-3-11(17(14)21)10-7-13(16(8-23)24-9-10)12-4-2-6-15(20)18(12)22/h1-7,9H. The van der Waals surface area contributed by atoms with Crippen LogP contribution in [0.3, 0.4) is 0 Å². The molecule has 0 atom stereocenters. The van der Waals surface area contributed by atoms with E-state index in [4.69, 9.17) is 46.4 Å². The summed E-state index contributed by atoms with van der Waals surface area (Å²) in [7, 11) is 0. The number of nitriles is 1. The third kappa shape index (κ3) is 3.09. The van der Waals surface area contributed by atoms with Gasteiger partial charge in [-0.15, -0.1) is 0 Å². The molecule has 0 N–H and O–H groups in total. The maximum atomic E-state index is 9.36. The molecule has 3 aromatic rings. The summed E-state index contributed by atoms with van der Waals surface area (Å²) in [6, 6.07) is 14.5. The van der Waals surface area contributed by atoms with Gasteiger partial charge in [0.15, 0.2) is 0 Å². The Kier molecular flexibility index (Phi) is 4.99. The smallest absolute Gasteiger partial charge is 0.148 e. The summed E-state index contributed by atoms with van der Waals surface area (Å²) in [5, 5.41) is 11.0. The average molecular weight is 394 g/mol. The van der Waals surface area contributed by atoms with E-state index in [0.29, 0.717) is 31.2 Å². The molecule has 0 aliphatic heterocycles. The van der Waals surface area contributed by atoms with Crippen molar-refractivity contribution in [2.24, 2.45) is 0 Å². The quantitative estimate of drug-likeness (QED) is 0.474. The van der Waals surface area contributed by atoms with Gasteiger partial charge < -0.3 is 0 Å². The summed E-state index contributed by atoms with van der Waals surface area (Å²) in [5.41, 5.74) is 2.92. The van der Waals surface area contributed by atoms with Crippen molar-refractivity contribution in [3.63, 3.8) is 0 Å². The van der Waals surface area contributed by atoms with Gasteiger partial charge in [0.25, 0.3) is 0 Å². The minimum Gasteiger partial charge on any atom is -0.244 e. The van der Waals surface area contributed by atoms with Crippen molar-refractivity contribution >= 4 is 46.4 Å². The molecule has 1 aromatic heterocycles. The molecular weight excluding hydrogens is 386 g/mol. The van der Waals surface area contributed by atoms with E-state index in [1.807, 2.05) is 6.07 Å². The van der Waals surface area contributed by atoms with Crippen LogP contribution in [0.25, 0.3) is 22.3 Å². The lowest BCUT2D eigenvalue weighted by molar-refractivity contribution is 1.26. The van der Waals surface area contributed by atoms with Crippen molar-refractivity contribution in [1.29, 1.82) is 5.26 Å². The Morgan fingerprint density at radius 1 is 0.792 bits per heavy atom. The van der Waals surface area contributed by atoms with Crippen LogP contribution < -0.4 is 0 Å². The fourth-order valence-electron chi connectivity index (χ4n) is 2.35. The summed E-state index contributed by atoms with van der Waals surface area (Å²) in [4.78, 5) is 4.23. The summed E-state index contributed by atoms with van der Waals surface area (Å²) in [6.07, 6.45) is 1.58. The van der Waals surface area contributed by atoms with E-state index in [-0.39, 0.29) is 5.69 Å². The highest BCUT2D eigenvalue weighted by Gasteiger charge is 2.15. The Morgan fingerprint density at radius 3 is 2.00 bits per heavy atom. The molecule has 0 aliphatic carbocycles. The first-order chi connectivity index (χ1) is 11.5. The van der Waals surface area contributed by atoms with Gasteiger partial charge in [-0.1, -0.05) is 70.7 Å². The molecular formula is C18H8Cl4N2. The van der Waals surface area contributed by atoms with E-state index in [9.17, 15) is 5.26 Å². The summed E-state index contributed by atoms with van der Waals surface area (Å²) < 4.78 is 0.